The minimum atomic E-state index is -0.442. The second kappa shape index (κ2) is 12.5. The van der Waals surface area contributed by atoms with Crippen molar-refractivity contribution < 1.29 is 19.1 Å². The van der Waals surface area contributed by atoms with Crippen LogP contribution in [-0.2, 0) is 16.6 Å². The molecule has 0 radical (unpaired) electrons. The van der Waals surface area contributed by atoms with Gasteiger partial charge in [-0.2, -0.15) is 0 Å². The lowest BCUT2D eigenvalue weighted by atomic mass is 9.84. The minimum absolute atomic E-state index is 0.00427. The van der Waals surface area contributed by atoms with Gasteiger partial charge < -0.3 is 20.2 Å². The zero-order chi connectivity index (χ0) is 29.7. The van der Waals surface area contributed by atoms with Crippen molar-refractivity contribution in [2.45, 2.75) is 38.5 Å². The monoisotopic (exact) mass is 560 g/mol. The van der Waals surface area contributed by atoms with E-state index in [2.05, 4.69) is 43.5 Å². The Morgan fingerprint density at radius 3 is 2.19 bits per heavy atom. The van der Waals surface area contributed by atoms with E-state index in [0.717, 1.165) is 33.4 Å². The SMILES string of the molecule is CC(C)(C)c1ccc(C(Cc2ccc(C(=O)NCCO)cc2)C(=O)Nc2ccc(-c3cc4ccccc4o3)cc2)cc1. The van der Waals surface area contributed by atoms with Crippen LogP contribution in [-0.4, -0.2) is 30.1 Å². The van der Waals surface area contributed by atoms with Gasteiger partial charge in [-0.1, -0.05) is 75.4 Å². The predicted octanol–water partition coefficient (Wildman–Crippen LogP) is 7.08. The van der Waals surface area contributed by atoms with Gasteiger partial charge in [-0.3, -0.25) is 9.59 Å². The summed E-state index contributed by atoms with van der Waals surface area (Å²) < 4.78 is 5.99. The highest BCUT2D eigenvalue weighted by molar-refractivity contribution is 5.96. The maximum Gasteiger partial charge on any atom is 0.251 e. The van der Waals surface area contributed by atoms with Gasteiger partial charge in [0.1, 0.15) is 11.3 Å². The van der Waals surface area contributed by atoms with Crippen LogP contribution in [0.5, 0.6) is 0 Å². The van der Waals surface area contributed by atoms with Gasteiger partial charge in [0.25, 0.3) is 5.91 Å². The second-order valence-corrected chi connectivity index (χ2v) is 11.5. The maximum absolute atomic E-state index is 13.7. The summed E-state index contributed by atoms with van der Waals surface area (Å²) >= 11 is 0. The number of para-hydroxylation sites is 1. The molecule has 5 rings (SSSR count). The average Bonchev–Trinajstić information content (AvgIpc) is 3.43. The minimum Gasteiger partial charge on any atom is -0.456 e. The Balaban J connectivity index is 1.36. The van der Waals surface area contributed by atoms with E-state index in [9.17, 15) is 9.59 Å². The Kier molecular flexibility index (Phi) is 8.55. The van der Waals surface area contributed by atoms with Crippen molar-refractivity contribution in [3.05, 3.63) is 125 Å². The van der Waals surface area contributed by atoms with Crippen LogP contribution in [0.4, 0.5) is 5.69 Å². The molecule has 0 aliphatic heterocycles. The molecule has 1 heterocycles. The first-order chi connectivity index (χ1) is 20.2. The fourth-order valence-electron chi connectivity index (χ4n) is 4.95. The number of aliphatic hydroxyl groups is 1. The Hall–Kier alpha value is -4.68. The van der Waals surface area contributed by atoms with Crippen molar-refractivity contribution in [1.29, 1.82) is 0 Å². The van der Waals surface area contributed by atoms with Gasteiger partial charge in [0.2, 0.25) is 5.91 Å². The third-order valence-corrected chi connectivity index (χ3v) is 7.41. The van der Waals surface area contributed by atoms with Gasteiger partial charge in [0.05, 0.1) is 12.5 Å². The number of furan rings is 1. The number of carbonyl (C=O) groups excluding carboxylic acids is 2. The summed E-state index contributed by atoms with van der Waals surface area (Å²) in [6.45, 7) is 6.59. The van der Waals surface area contributed by atoms with Crippen LogP contribution in [0.1, 0.15) is 53.7 Å². The summed E-state index contributed by atoms with van der Waals surface area (Å²) in [4.78, 5) is 26.0. The van der Waals surface area contributed by atoms with Crippen LogP contribution in [0.25, 0.3) is 22.3 Å². The summed E-state index contributed by atoms with van der Waals surface area (Å²) in [6.07, 6.45) is 0.469. The average molecular weight is 561 g/mol. The van der Waals surface area contributed by atoms with E-state index < -0.39 is 5.92 Å². The Labute approximate surface area is 246 Å². The highest BCUT2D eigenvalue weighted by atomic mass is 16.3. The highest BCUT2D eigenvalue weighted by Crippen LogP contribution is 2.30. The summed E-state index contributed by atoms with van der Waals surface area (Å²) in [6, 6.07) is 33.1. The van der Waals surface area contributed by atoms with Gasteiger partial charge in [-0.05, 0) is 77.1 Å². The van der Waals surface area contributed by atoms with Crippen LogP contribution in [0.15, 0.2) is 108 Å². The molecule has 2 amide bonds. The summed E-state index contributed by atoms with van der Waals surface area (Å²) in [5.41, 5.74) is 6.04. The smallest absolute Gasteiger partial charge is 0.251 e. The van der Waals surface area contributed by atoms with Crippen LogP contribution in [0.3, 0.4) is 0 Å². The summed E-state index contributed by atoms with van der Waals surface area (Å²) in [7, 11) is 0. The standard InChI is InChI=1S/C36H36N2O4/c1-36(2,3)29-16-12-25(13-17-29)31(22-24-8-10-27(11-9-24)34(40)37-20-21-39)35(41)38-30-18-14-26(15-19-30)33-23-28-6-4-5-7-32(28)42-33/h4-19,23,31,39H,20-22H2,1-3H3,(H,37,40)(H,38,41). The number of carbonyl (C=O) groups is 2. The lowest BCUT2D eigenvalue weighted by molar-refractivity contribution is -0.117. The fraction of sp³-hybridized carbons (Fsp3) is 0.222. The van der Waals surface area contributed by atoms with Crippen molar-refractivity contribution in [3.63, 3.8) is 0 Å². The van der Waals surface area contributed by atoms with Crippen LogP contribution in [0.2, 0.25) is 0 Å². The van der Waals surface area contributed by atoms with E-state index in [4.69, 9.17) is 9.52 Å². The van der Waals surface area contributed by atoms with E-state index in [0.29, 0.717) is 17.7 Å². The molecule has 42 heavy (non-hydrogen) atoms. The summed E-state index contributed by atoms with van der Waals surface area (Å²) in [5, 5.41) is 15.8. The predicted molar refractivity (Wildman–Crippen MR) is 168 cm³/mol. The molecule has 5 aromatic rings. The Bertz CT molecular complexity index is 1630. The molecule has 4 aromatic carbocycles. The molecule has 6 heteroatoms. The van der Waals surface area contributed by atoms with Crippen molar-refractivity contribution in [3.8, 4) is 11.3 Å². The number of hydrogen-bond acceptors (Lipinski definition) is 4. The number of anilines is 1. The lowest BCUT2D eigenvalue weighted by Gasteiger charge is -2.22. The van der Waals surface area contributed by atoms with Crippen LogP contribution < -0.4 is 10.6 Å². The van der Waals surface area contributed by atoms with E-state index in [1.54, 1.807) is 12.1 Å². The van der Waals surface area contributed by atoms with Crippen molar-refractivity contribution in [2.75, 3.05) is 18.5 Å². The fourth-order valence-corrected chi connectivity index (χ4v) is 4.95. The largest absolute Gasteiger partial charge is 0.456 e. The third-order valence-electron chi connectivity index (χ3n) is 7.41. The molecule has 6 nitrogen and oxygen atoms in total. The molecular formula is C36H36N2O4. The van der Waals surface area contributed by atoms with E-state index in [1.165, 1.54) is 5.56 Å². The molecular weight excluding hydrogens is 524 g/mol. The lowest BCUT2D eigenvalue weighted by Crippen LogP contribution is -2.26. The van der Waals surface area contributed by atoms with Crippen LogP contribution >= 0.6 is 0 Å². The maximum atomic E-state index is 13.7. The number of benzene rings is 4. The quantitative estimate of drug-likeness (QED) is 0.180. The molecule has 1 aromatic heterocycles. The van der Waals surface area contributed by atoms with Crippen LogP contribution in [0, 0.1) is 0 Å². The molecule has 0 saturated heterocycles. The number of hydrogen-bond donors (Lipinski definition) is 3. The molecule has 0 fully saturated rings. The molecule has 0 spiro atoms. The topological polar surface area (TPSA) is 91.6 Å². The normalized spacial score (nSPS) is 12.2. The molecule has 0 aliphatic carbocycles. The molecule has 1 unspecified atom stereocenters. The first-order valence-corrected chi connectivity index (χ1v) is 14.2. The van der Waals surface area contributed by atoms with Crippen molar-refractivity contribution >= 4 is 28.5 Å². The number of rotatable bonds is 9. The van der Waals surface area contributed by atoms with Gasteiger partial charge in [-0.25, -0.2) is 0 Å². The highest BCUT2D eigenvalue weighted by Gasteiger charge is 2.23. The first-order valence-electron chi connectivity index (χ1n) is 14.2. The van der Waals surface area contributed by atoms with Gasteiger partial charge in [-0.15, -0.1) is 0 Å². The molecule has 214 valence electrons. The third kappa shape index (κ3) is 6.78. The molecule has 1 atom stereocenters. The number of nitrogens with one attached hydrogen (secondary N) is 2. The van der Waals surface area contributed by atoms with Gasteiger partial charge >= 0.3 is 0 Å². The summed E-state index contributed by atoms with van der Waals surface area (Å²) in [5.74, 6) is -0.0176. The molecule has 0 bridgehead atoms. The van der Waals surface area contributed by atoms with Crippen molar-refractivity contribution in [1.82, 2.24) is 5.32 Å². The zero-order valence-electron chi connectivity index (χ0n) is 24.2. The first kappa shape index (κ1) is 28.8. The van der Waals surface area contributed by atoms with E-state index in [-0.39, 0.29) is 30.4 Å². The van der Waals surface area contributed by atoms with Gasteiger partial charge in [0, 0.05) is 28.7 Å². The number of amides is 2. The van der Waals surface area contributed by atoms with Gasteiger partial charge in [0.15, 0.2) is 0 Å². The second-order valence-electron chi connectivity index (χ2n) is 11.5. The molecule has 3 N–H and O–H groups in total. The Morgan fingerprint density at radius 1 is 0.857 bits per heavy atom. The van der Waals surface area contributed by atoms with Crippen molar-refractivity contribution in [2.24, 2.45) is 0 Å². The van der Waals surface area contributed by atoms with E-state index in [1.807, 2.05) is 78.9 Å². The molecule has 0 saturated carbocycles. The molecule has 0 aliphatic rings. The number of aliphatic hydroxyl groups excluding tert-OH is 1. The van der Waals surface area contributed by atoms with E-state index >= 15 is 0 Å². The number of fused-ring (bicyclic) bond motifs is 1. The zero-order valence-corrected chi connectivity index (χ0v) is 24.2. The Morgan fingerprint density at radius 2 is 1.55 bits per heavy atom.